The van der Waals surface area contributed by atoms with Crippen molar-refractivity contribution in [1.82, 2.24) is 0 Å². The van der Waals surface area contributed by atoms with Gasteiger partial charge in [0.1, 0.15) is 0 Å². The molecule has 114 valence electrons. The van der Waals surface area contributed by atoms with E-state index in [0.29, 0.717) is 15.2 Å². The van der Waals surface area contributed by atoms with Gasteiger partial charge in [-0.05, 0) is 0 Å². The second-order valence-electron chi connectivity index (χ2n) is 5.67. The van der Waals surface area contributed by atoms with Crippen molar-refractivity contribution in [3.63, 3.8) is 0 Å². The van der Waals surface area contributed by atoms with Crippen LogP contribution >= 0.6 is 0 Å². The first-order valence-corrected chi connectivity index (χ1v) is 10.3. The minimum Gasteiger partial charge on any atom is -0.481 e. The highest BCUT2D eigenvalue weighted by Crippen LogP contribution is 2.07. The van der Waals surface area contributed by atoms with E-state index < -0.39 is 5.97 Å². The number of aliphatic carboxylic acids is 1. The molecule has 0 amide bonds. The Morgan fingerprint density at radius 3 is 1.53 bits per heavy atom. The maximum absolute atomic E-state index is 9.70. The minimum atomic E-state index is -0.741. The van der Waals surface area contributed by atoms with Crippen LogP contribution in [0.2, 0.25) is 10.6 Å². The quantitative estimate of drug-likeness (QED) is 0.421. The molecule has 0 atom stereocenters. The van der Waals surface area contributed by atoms with Gasteiger partial charge in [0.05, 0.1) is 5.92 Å². The Kier molecular flexibility index (Phi) is 20.2. The van der Waals surface area contributed by atoms with E-state index in [1.54, 1.807) is 24.4 Å². The topological polar surface area (TPSA) is 37.3 Å². The van der Waals surface area contributed by atoms with E-state index in [9.17, 15) is 4.79 Å². The number of carbonyl (C=O) groups is 1. The van der Waals surface area contributed by atoms with Gasteiger partial charge < -0.3 is 5.11 Å². The zero-order valence-corrected chi connectivity index (χ0v) is 15.1. The standard InChI is InChI=1S/2C6H13.C4H8O2.Al.H/c2*1-3-5-6-4-2;1-3(2)4(5)6;;/h2*1,3-6H2,2H3;3H,1-2H3,(H,5,6);;. The Labute approximate surface area is 127 Å². The van der Waals surface area contributed by atoms with Crippen molar-refractivity contribution in [2.45, 2.75) is 89.6 Å². The maximum atomic E-state index is 9.70. The molecule has 0 aromatic carbocycles. The van der Waals surface area contributed by atoms with Crippen LogP contribution in [0.1, 0.15) is 79.1 Å². The van der Waals surface area contributed by atoms with Crippen LogP contribution in [0.4, 0.5) is 0 Å². The Morgan fingerprint density at radius 2 is 1.26 bits per heavy atom. The summed E-state index contributed by atoms with van der Waals surface area (Å²) < 4.78 is 0. The molecule has 0 aliphatic rings. The van der Waals surface area contributed by atoms with Gasteiger partial charge in [-0.25, -0.2) is 0 Å². The molecule has 0 saturated heterocycles. The van der Waals surface area contributed by atoms with Crippen molar-refractivity contribution < 1.29 is 9.90 Å². The fourth-order valence-corrected chi connectivity index (χ4v) is 3.51. The van der Waals surface area contributed by atoms with Gasteiger partial charge in [0, 0.05) is 0 Å². The first kappa shape index (κ1) is 21.3. The molecule has 3 heteroatoms. The summed E-state index contributed by atoms with van der Waals surface area (Å²) in [5, 5.41) is 11.2. The van der Waals surface area contributed by atoms with Crippen LogP contribution in [0.15, 0.2) is 0 Å². The van der Waals surface area contributed by atoms with Crippen molar-refractivity contribution in [2.75, 3.05) is 0 Å². The lowest BCUT2D eigenvalue weighted by atomic mass is 10.2. The number of hydrogen-bond acceptors (Lipinski definition) is 1. The van der Waals surface area contributed by atoms with Crippen molar-refractivity contribution >= 4 is 21.2 Å². The molecule has 0 rings (SSSR count). The number of unbranched alkanes of at least 4 members (excludes halogenated alkanes) is 6. The van der Waals surface area contributed by atoms with Gasteiger partial charge in [0.2, 0.25) is 15.2 Å². The molecule has 0 aliphatic heterocycles. The van der Waals surface area contributed by atoms with E-state index in [1.165, 1.54) is 51.4 Å². The van der Waals surface area contributed by atoms with E-state index in [0.717, 1.165) is 0 Å². The molecule has 1 N–H and O–H groups in total. The highest BCUT2D eigenvalue weighted by molar-refractivity contribution is 6.35. The van der Waals surface area contributed by atoms with Gasteiger partial charge in [0.25, 0.3) is 0 Å². The van der Waals surface area contributed by atoms with Gasteiger partial charge in [-0.3, -0.25) is 4.79 Å². The molecule has 0 aromatic rings. The summed E-state index contributed by atoms with van der Waals surface area (Å²) in [6.45, 7) is 7.87. The molecule has 0 aliphatic carbocycles. The average molecular weight is 286 g/mol. The van der Waals surface area contributed by atoms with Crippen LogP contribution in [0.25, 0.3) is 0 Å². The van der Waals surface area contributed by atoms with Gasteiger partial charge in [-0.2, -0.15) is 0 Å². The first-order chi connectivity index (χ1) is 9.06. The summed E-state index contributed by atoms with van der Waals surface area (Å²) in [7, 11) is 0. The molecule has 0 bridgehead atoms. The van der Waals surface area contributed by atoms with E-state index in [2.05, 4.69) is 13.8 Å². The second kappa shape index (κ2) is 18.0. The van der Waals surface area contributed by atoms with Crippen LogP contribution in [0, 0.1) is 5.92 Å². The van der Waals surface area contributed by atoms with E-state index in [4.69, 9.17) is 5.11 Å². The lowest BCUT2D eigenvalue weighted by Gasteiger charge is -1.98. The molecule has 0 radical (unpaired) electrons. The second-order valence-corrected chi connectivity index (χ2v) is 7.80. The van der Waals surface area contributed by atoms with Gasteiger partial charge in [0.15, 0.2) is 0 Å². The van der Waals surface area contributed by atoms with Crippen LogP contribution in [-0.2, 0) is 4.79 Å². The molecule has 0 spiro atoms. The summed E-state index contributed by atoms with van der Waals surface area (Å²) in [6.07, 6.45) is 11.8. The van der Waals surface area contributed by atoms with Crippen LogP contribution in [0.5, 0.6) is 0 Å². The van der Waals surface area contributed by atoms with Gasteiger partial charge >= 0.3 is 5.97 Å². The predicted molar refractivity (Wildman–Crippen MR) is 87.5 cm³/mol. The molecule has 0 saturated carbocycles. The molecule has 2 nitrogen and oxygen atoms in total. The molecule has 0 heterocycles. The predicted octanol–water partition coefficient (Wildman–Crippen LogP) is 5.15. The molecular weight excluding hydrogens is 251 g/mol. The van der Waals surface area contributed by atoms with Gasteiger partial charge in [-0.1, -0.05) is 89.6 Å². The summed E-state index contributed by atoms with van der Waals surface area (Å²) in [4.78, 5) is 9.70. The molecule has 0 unspecified atom stereocenters. The maximum Gasteiger partial charge on any atom is 0.305 e. The van der Waals surface area contributed by atoms with Crippen LogP contribution in [0.3, 0.4) is 0 Å². The van der Waals surface area contributed by atoms with Crippen LogP contribution < -0.4 is 0 Å². The van der Waals surface area contributed by atoms with Crippen molar-refractivity contribution in [3.05, 3.63) is 0 Å². The normalized spacial score (nSPS) is 9.95. The highest BCUT2D eigenvalue weighted by atomic mass is 27.1. The van der Waals surface area contributed by atoms with Crippen molar-refractivity contribution in [3.8, 4) is 0 Å². The SMILES string of the molecule is CC(C)C(=O)O.CCCCC[CH2][AlH][CH2]CCCCC. The van der Waals surface area contributed by atoms with E-state index >= 15 is 0 Å². The number of rotatable bonds is 11. The molecular formula is C16H35AlO2. The monoisotopic (exact) mass is 286 g/mol. The third kappa shape index (κ3) is 23.5. The average Bonchev–Trinajstić information content (AvgIpc) is 2.37. The fraction of sp³-hybridized carbons (Fsp3) is 0.938. The fourth-order valence-electron chi connectivity index (χ4n) is 1.74. The third-order valence-electron chi connectivity index (χ3n) is 3.20. The number of carboxylic acids is 1. The van der Waals surface area contributed by atoms with Crippen molar-refractivity contribution in [1.29, 1.82) is 0 Å². The zero-order chi connectivity index (χ0) is 14.9. The van der Waals surface area contributed by atoms with E-state index in [1.807, 2.05) is 0 Å². The smallest absolute Gasteiger partial charge is 0.305 e. The summed E-state index contributed by atoms with van der Waals surface area (Å²) in [5.41, 5.74) is 0. The van der Waals surface area contributed by atoms with Crippen LogP contribution in [-0.4, -0.2) is 26.3 Å². The number of carboxylic acid groups (broad SMARTS) is 1. The first-order valence-electron chi connectivity index (χ1n) is 8.29. The number of hydrogen-bond donors (Lipinski definition) is 1. The lowest BCUT2D eigenvalue weighted by Crippen LogP contribution is -2.03. The Balaban J connectivity index is 0. The zero-order valence-electron chi connectivity index (χ0n) is 13.7. The third-order valence-corrected chi connectivity index (χ3v) is 5.20. The Bertz CT molecular complexity index is 172. The highest BCUT2D eigenvalue weighted by Gasteiger charge is 1.99. The minimum absolute atomic E-state index is 0.231. The largest absolute Gasteiger partial charge is 0.481 e. The summed E-state index contributed by atoms with van der Waals surface area (Å²) in [6, 6.07) is 0. The molecule has 0 aromatic heterocycles. The molecule has 19 heavy (non-hydrogen) atoms. The summed E-state index contributed by atoms with van der Waals surface area (Å²) >= 11 is 0.355. The van der Waals surface area contributed by atoms with Gasteiger partial charge in [-0.15, -0.1) is 0 Å². The molecule has 0 fully saturated rings. The van der Waals surface area contributed by atoms with E-state index in [-0.39, 0.29) is 5.92 Å². The Morgan fingerprint density at radius 1 is 0.895 bits per heavy atom. The lowest BCUT2D eigenvalue weighted by molar-refractivity contribution is -0.140. The Hall–Kier alpha value is 0.00247. The summed E-state index contributed by atoms with van der Waals surface area (Å²) in [5.74, 6) is -0.972. The van der Waals surface area contributed by atoms with Crippen molar-refractivity contribution in [2.24, 2.45) is 5.92 Å².